The van der Waals surface area contributed by atoms with Gasteiger partial charge in [0.05, 0.1) is 43.3 Å². The van der Waals surface area contributed by atoms with Crippen molar-refractivity contribution in [3.05, 3.63) is 35.9 Å². The Labute approximate surface area is 308 Å². The minimum atomic E-state index is -0.663. The first-order chi connectivity index (χ1) is 24.0. The van der Waals surface area contributed by atoms with Crippen LogP contribution in [0.3, 0.4) is 0 Å². The Morgan fingerprint density at radius 2 is 1.51 bits per heavy atom. The number of hydrogen-bond acceptors (Lipinski definition) is 8. The normalized spacial score (nSPS) is 19.2. The van der Waals surface area contributed by atoms with Gasteiger partial charge in [-0.05, 0) is 50.3 Å². The van der Waals surface area contributed by atoms with Gasteiger partial charge >= 0.3 is 0 Å². The number of nitrogens with zero attached hydrogens (tertiary/aromatic N) is 3. The van der Waals surface area contributed by atoms with Crippen molar-refractivity contribution >= 4 is 29.2 Å². The van der Waals surface area contributed by atoms with Crippen molar-refractivity contribution in [2.45, 2.75) is 124 Å². The number of ketones is 3. The summed E-state index contributed by atoms with van der Waals surface area (Å²) in [6.45, 7) is 13.8. The van der Waals surface area contributed by atoms with Crippen LogP contribution >= 0.6 is 0 Å². The van der Waals surface area contributed by atoms with E-state index in [0.29, 0.717) is 12.8 Å². The molecule has 0 bridgehead atoms. The van der Waals surface area contributed by atoms with Crippen molar-refractivity contribution < 1.29 is 33.4 Å². The summed E-state index contributed by atoms with van der Waals surface area (Å²) in [5, 5.41) is 0. The summed E-state index contributed by atoms with van der Waals surface area (Å²) in [6.07, 6.45) is 1.50. The summed E-state index contributed by atoms with van der Waals surface area (Å²) >= 11 is 0. The second-order valence-electron chi connectivity index (χ2n) is 15.6. The molecule has 1 aromatic rings. The van der Waals surface area contributed by atoms with Crippen LogP contribution in [-0.2, 0) is 39.9 Å². The van der Waals surface area contributed by atoms with Crippen LogP contribution in [0.15, 0.2) is 30.3 Å². The van der Waals surface area contributed by atoms with Crippen molar-refractivity contribution in [2.75, 3.05) is 41.9 Å². The molecule has 1 fully saturated rings. The number of rotatable bonds is 22. The maximum atomic E-state index is 14.2. The molecule has 0 aliphatic carbocycles. The van der Waals surface area contributed by atoms with Crippen molar-refractivity contribution in [3.8, 4) is 0 Å². The van der Waals surface area contributed by atoms with Crippen molar-refractivity contribution in [1.29, 1.82) is 0 Å². The smallest absolute Gasteiger partial charge is 0.226 e. The van der Waals surface area contributed by atoms with Gasteiger partial charge in [0.2, 0.25) is 11.8 Å². The van der Waals surface area contributed by atoms with Gasteiger partial charge in [-0.25, -0.2) is 0 Å². The molecule has 1 aliphatic heterocycles. The molecule has 1 aromatic carbocycles. The lowest BCUT2D eigenvalue weighted by Gasteiger charge is -2.41. The molecule has 1 unspecified atom stereocenters. The van der Waals surface area contributed by atoms with Gasteiger partial charge in [0.15, 0.2) is 11.6 Å². The van der Waals surface area contributed by atoms with Gasteiger partial charge in [0.25, 0.3) is 0 Å². The number of amides is 2. The van der Waals surface area contributed by atoms with E-state index in [0.717, 1.165) is 12.8 Å². The van der Waals surface area contributed by atoms with Crippen LogP contribution < -0.4 is 0 Å². The standard InChI is InChI=1S/C41H67N3O7/c1-13-28(6)39(43(10)41(49)32(26(2)3)23-35(47)38(27(4)5)42(8)9)36(50-11)24-37(48)44-25-31(45)22-33(44)40(51-12)29(7)34(46)21-17-20-30-18-15-14-16-19-30/h14-16,18-19,26-29,32-33,36,38-40H,13,17,20-25H2,1-12H3/t28-,29-,32-,33?,36+,38-,39-,40+/m0/s1. The van der Waals surface area contributed by atoms with E-state index in [4.69, 9.17) is 9.47 Å². The lowest BCUT2D eigenvalue weighted by molar-refractivity contribution is -0.149. The number of carbonyl (C=O) groups is 5. The third-order valence-corrected chi connectivity index (χ3v) is 11.0. The zero-order valence-electron chi connectivity index (χ0n) is 33.5. The zero-order valence-corrected chi connectivity index (χ0v) is 33.5. The van der Waals surface area contributed by atoms with Crippen LogP contribution in [0.5, 0.6) is 0 Å². The molecule has 0 spiro atoms. The van der Waals surface area contributed by atoms with E-state index in [1.54, 1.807) is 24.0 Å². The molecule has 1 heterocycles. The summed E-state index contributed by atoms with van der Waals surface area (Å²) < 4.78 is 11.8. The predicted octanol–water partition coefficient (Wildman–Crippen LogP) is 5.50. The molecule has 0 N–H and O–H groups in total. The van der Waals surface area contributed by atoms with Crippen LogP contribution in [0, 0.1) is 29.6 Å². The van der Waals surface area contributed by atoms with Crippen LogP contribution in [0.25, 0.3) is 0 Å². The second kappa shape index (κ2) is 20.9. The second-order valence-corrected chi connectivity index (χ2v) is 15.6. The number of benzene rings is 1. The number of aryl methyl sites for hydroxylation is 1. The van der Waals surface area contributed by atoms with Crippen molar-refractivity contribution in [1.82, 2.24) is 14.7 Å². The van der Waals surface area contributed by atoms with Gasteiger partial charge in [0.1, 0.15) is 5.78 Å². The van der Waals surface area contributed by atoms with E-state index in [2.05, 4.69) is 0 Å². The molecule has 51 heavy (non-hydrogen) atoms. The summed E-state index contributed by atoms with van der Waals surface area (Å²) in [5.41, 5.74) is 1.17. The molecular weight excluding hydrogens is 646 g/mol. The van der Waals surface area contributed by atoms with E-state index < -0.39 is 36.1 Å². The highest BCUT2D eigenvalue weighted by Gasteiger charge is 2.45. The van der Waals surface area contributed by atoms with E-state index in [-0.39, 0.29) is 78.8 Å². The number of likely N-dealkylation sites (N-methyl/N-ethyl adjacent to an activating group) is 2. The zero-order chi connectivity index (χ0) is 38.6. The summed E-state index contributed by atoms with van der Waals surface area (Å²) in [4.78, 5) is 73.2. The molecule has 10 nitrogen and oxygen atoms in total. The molecule has 0 saturated carbocycles. The molecule has 0 radical (unpaired) electrons. The Morgan fingerprint density at radius 1 is 0.882 bits per heavy atom. The van der Waals surface area contributed by atoms with Gasteiger partial charge in [-0.3, -0.25) is 28.9 Å². The lowest BCUT2D eigenvalue weighted by Crippen LogP contribution is -2.54. The van der Waals surface area contributed by atoms with Crippen LogP contribution in [0.2, 0.25) is 0 Å². The number of hydrogen-bond donors (Lipinski definition) is 0. The van der Waals surface area contributed by atoms with Gasteiger partial charge in [0, 0.05) is 52.4 Å². The lowest BCUT2D eigenvalue weighted by atomic mass is 9.83. The van der Waals surface area contributed by atoms with E-state index in [1.165, 1.54) is 12.7 Å². The Balaban J connectivity index is 2.26. The highest BCUT2D eigenvalue weighted by Crippen LogP contribution is 2.31. The molecule has 0 aromatic heterocycles. The topological polar surface area (TPSA) is 114 Å². The first-order valence-electron chi connectivity index (χ1n) is 18.9. The van der Waals surface area contributed by atoms with Gasteiger partial charge in [-0.15, -0.1) is 0 Å². The molecule has 8 atom stereocenters. The number of ether oxygens (including phenoxy) is 2. The summed E-state index contributed by atoms with van der Waals surface area (Å²) in [5.74, 6) is -1.47. The predicted molar refractivity (Wildman–Crippen MR) is 201 cm³/mol. The quantitative estimate of drug-likeness (QED) is 0.155. The number of carbonyl (C=O) groups excluding carboxylic acids is 5. The average Bonchev–Trinajstić information content (AvgIpc) is 3.47. The van der Waals surface area contributed by atoms with Crippen LogP contribution in [-0.4, -0.2) is 116 Å². The summed E-state index contributed by atoms with van der Waals surface area (Å²) in [7, 11) is 8.59. The third kappa shape index (κ3) is 12.0. The summed E-state index contributed by atoms with van der Waals surface area (Å²) in [6, 6.07) is 8.70. The highest BCUT2D eigenvalue weighted by molar-refractivity contribution is 5.92. The van der Waals surface area contributed by atoms with Crippen molar-refractivity contribution in [2.24, 2.45) is 29.6 Å². The highest BCUT2D eigenvalue weighted by atomic mass is 16.5. The van der Waals surface area contributed by atoms with Crippen LogP contribution in [0.4, 0.5) is 0 Å². The largest absolute Gasteiger partial charge is 0.379 e. The fourth-order valence-corrected chi connectivity index (χ4v) is 7.98. The van der Waals surface area contributed by atoms with Crippen molar-refractivity contribution in [3.63, 3.8) is 0 Å². The average molecular weight is 714 g/mol. The molecule has 1 saturated heterocycles. The minimum absolute atomic E-state index is 0.0262. The number of likely N-dealkylation sites (tertiary alicyclic amines) is 1. The fraction of sp³-hybridized carbons (Fsp3) is 0.732. The SMILES string of the molecule is CC[C@H](C)[C@@H]([C@@H](CC(=O)N1CC(=O)CC1[C@H](OC)[C@@H](C)C(=O)CCCc1ccccc1)OC)N(C)C(=O)[C@@H](CC(=O)[C@H](C(C)C)N(C)C)C(C)C. The molecule has 10 heteroatoms. The fourth-order valence-electron chi connectivity index (χ4n) is 7.98. The van der Waals surface area contributed by atoms with Gasteiger partial charge in [-0.2, -0.15) is 0 Å². The van der Waals surface area contributed by atoms with E-state index >= 15 is 0 Å². The maximum Gasteiger partial charge on any atom is 0.226 e. The van der Waals surface area contributed by atoms with Gasteiger partial charge < -0.3 is 19.3 Å². The Bertz CT molecular complexity index is 1280. The molecule has 2 rings (SSSR count). The third-order valence-electron chi connectivity index (χ3n) is 11.0. The molecule has 1 aliphatic rings. The first kappa shape index (κ1) is 44.2. The Kier molecular flexibility index (Phi) is 18.1. The molecule has 288 valence electrons. The first-order valence-corrected chi connectivity index (χ1v) is 18.9. The molecular formula is C41H67N3O7. The molecule has 2 amide bonds. The Hall–Kier alpha value is -2.95. The Morgan fingerprint density at radius 3 is 2.02 bits per heavy atom. The monoisotopic (exact) mass is 713 g/mol. The van der Waals surface area contributed by atoms with E-state index in [1.807, 2.05) is 97.8 Å². The minimum Gasteiger partial charge on any atom is -0.379 e. The maximum absolute atomic E-state index is 14.2. The van der Waals surface area contributed by atoms with Gasteiger partial charge in [-0.1, -0.05) is 85.2 Å². The van der Waals surface area contributed by atoms with Crippen LogP contribution in [0.1, 0.15) is 92.6 Å². The number of Topliss-reactive ketones (excluding diaryl/α,β-unsaturated/α-hetero) is 3. The van der Waals surface area contributed by atoms with E-state index in [9.17, 15) is 24.0 Å². The number of methoxy groups -OCH3 is 2.